The first kappa shape index (κ1) is 10.3. The van der Waals surface area contributed by atoms with Gasteiger partial charge in [0.05, 0.1) is 6.54 Å². The van der Waals surface area contributed by atoms with Gasteiger partial charge in [-0.1, -0.05) is 25.1 Å². The minimum Gasteiger partial charge on any atom is -0.362 e. The Morgan fingerprint density at radius 3 is 3.00 bits per heavy atom. The number of hydrogen-bond donors (Lipinski definition) is 1. The maximum Gasteiger partial charge on any atom is 0.157 e. The largest absolute Gasteiger partial charge is 0.362 e. The van der Waals surface area contributed by atoms with E-state index in [1.165, 1.54) is 30.9 Å². The molecule has 1 fully saturated rings. The quantitative estimate of drug-likeness (QED) is 0.774. The fourth-order valence-corrected chi connectivity index (χ4v) is 3.10. The van der Waals surface area contributed by atoms with Crippen LogP contribution in [0.4, 0.5) is 0 Å². The van der Waals surface area contributed by atoms with Crippen molar-refractivity contribution in [3.63, 3.8) is 0 Å². The van der Waals surface area contributed by atoms with Gasteiger partial charge in [0.25, 0.3) is 0 Å². The van der Waals surface area contributed by atoms with Crippen LogP contribution in [-0.2, 0) is 0 Å². The van der Waals surface area contributed by atoms with Gasteiger partial charge in [0.15, 0.2) is 5.17 Å². The SMILES string of the molecule is CCCC1CN=C(NC(C)C2CC2)S1. The molecule has 3 heteroatoms. The summed E-state index contributed by atoms with van der Waals surface area (Å²) in [6.07, 6.45) is 5.39. The molecule has 0 spiro atoms. The Bertz CT molecular complexity index is 223. The maximum absolute atomic E-state index is 4.55. The highest BCUT2D eigenvalue weighted by atomic mass is 32.2. The van der Waals surface area contributed by atoms with Crippen LogP contribution >= 0.6 is 11.8 Å². The van der Waals surface area contributed by atoms with E-state index in [1.807, 2.05) is 11.8 Å². The normalized spacial score (nSPS) is 28.7. The number of rotatable bonds is 4. The first-order valence-electron chi connectivity index (χ1n) is 5.77. The van der Waals surface area contributed by atoms with Crippen LogP contribution in [-0.4, -0.2) is 23.0 Å². The molecule has 0 aromatic rings. The Kier molecular flexibility index (Phi) is 3.37. The molecule has 0 saturated heterocycles. The second kappa shape index (κ2) is 4.56. The minimum atomic E-state index is 0.640. The number of thioether (sulfide) groups is 1. The van der Waals surface area contributed by atoms with E-state index in [0.717, 1.165) is 17.7 Å². The third-order valence-corrected chi connectivity index (χ3v) is 4.20. The highest BCUT2D eigenvalue weighted by Crippen LogP contribution is 2.33. The van der Waals surface area contributed by atoms with Gasteiger partial charge in [0.1, 0.15) is 0 Å². The Hall–Kier alpha value is -0.180. The molecular weight excluding hydrogens is 192 g/mol. The van der Waals surface area contributed by atoms with Gasteiger partial charge < -0.3 is 5.32 Å². The predicted octanol–water partition coefficient (Wildman–Crippen LogP) is 2.65. The van der Waals surface area contributed by atoms with Crippen molar-refractivity contribution in [2.45, 2.75) is 50.8 Å². The summed E-state index contributed by atoms with van der Waals surface area (Å²) in [5.41, 5.74) is 0. The average molecular weight is 212 g/mol. The molecule has 0 amide bonds. The van der Waals surface area contributed by atoms with Crippen LogP contribution in [0.3, 0.4) is 0 Å². The number of hydrogen-bond acceptors (Lipinski definition) is 3. The lowest BCUT2D eigenvalue weighted by molar-refractivity contribution is 0.591. The van der Waals surface area contributed by atoms with Gasteiger partial charge in [-0.2, -0.15) is 0 Å². The summed E-state index contributed by atoms with van der Waals surface area (Å²) in [5, 5.41) is 5.48. The number of nitrogens with zero attached hydrogens (tertiary/aromatic N) is 1. The van der Waals surface area contributed by atoms with Gasteiger partial charge in [-0.3, -0.25) is 4.99 Å². The number of aliphatic imine (C=N–C) groups is 1. The lowest BCUT2D eigenvalue weighted by Gasteiger charge is -2.14. The molecule has 0 bridgehead atoms. The zero-order chi connectivity index (χ0) is 9.97. The molecule has 0 radical (unpaired) electrons. The van der Waals surface area contributed by atoms with E-state index in [0.29, 0.717) is 6.04 Å². The summed E-state index contributed by atoms with van der Waals surface area (Å²) < 4.78 is 0. The molecule has 80 valence electrons. The van der Waals surface area contributed by atoms with E-state index >= 15 is 0 Å². The van der Waals surface area contributed by atoms with Crippen LogP contribution in [0, 0.1) is 5.92 Å². The van der Waals surface area contributed by atoms with Crippen molar-refractivity contribution >= 4 is 16.9 Å². The standard InChI is InChI=1S/C11H20N2S/c1-3-4-10-7-12-11(14-10)13-8(2)9-5-6-9/h8-10H,3-7H2,1-2H3,(H,12,13). The van der Waals surface area contributed by atoms with Crippen molar-refractivity contribution in [3.8, 4) is 0 Å². The Labute approximate surface area is 90.9 Å². The van der Waals surface area contributed by atoms with E-state index < -0.39 is 0 Å². The zero-order valence-electron chi connectivity index (χ0n) is 9.12. The monoisotopic (exact) mass is 212 g/mol. The summed E-state index contributed by atoms with van der Waals surface area (Å²) in [6, 6.07) is 0.640. The second-order valence-electron chi connectivity index (χ2n) is 4.44. The molecule has 1 heterocycles. The fourth-order valence-electron chi connectivity index (χ4n) is 1.88. The van der Waals surface area contributed by atoms with Gasteiger partial charge in [-0.05, 0) is 32.1 Å². The second-order valence-corrected chi connectivity index (χ2v) is 5.73. The van der Waals surface area contributed by atoms with Crippen molar-refractivity contribution < 1.29 is 0 Å². The molecule has 1 N–H and O–H groups in total. The first-order valence-corrected chi connectivity index (χ1v) is 6.65. The minimum absolute atomic E-state index is 0.640. The zero-order valence-corrected chi connectivity index (χ0v) is 9.94. The third kappa shape index (κ3) is 2.66. The predicted molar refractivity (Wildman–Crippen MR) is 63.9 cm³/mol. The van der Waals surface area contributed by atoms with E-state index in [2.05, 4.69) is 24.2 Å². The van der Waals surface area contributed by atoms with Crippen LogP contribution in [0.5, 0.6) is 0 Å². The lowest BCUT2D eigenvalue weighted by Crippen LogP contribution is -2.31. The first-order chi connectivity index (χ1) is 6.79. The van der Waals surface area contributed by atoms with E-state index in [9.17, 15) is 0 Å². The molecule has 2 unspecified atom stereocenters. The van der Waals surface area contributed by atoms with Crippen molar-refractivity contribution in [3.05, 3.63) is 0 Å². The summed E-state index contributed by atoms with van der Waals surface area (Å²) in [7, 11) is 0. The van der Waals surface area contributed by atoms with Gasteiger partial charge in [-0.25, -0.2) is 0 Å². The fraction of sp³-hybridized carbons (Fsp3) is 0.909. The molecule has 2 atom stereocenters. The molecule has 1 aliphatic carbocycles. The van der Waals surface area contributed by atoms with Gasteiger partial charge in [0, 0.05) is 11.3 Å². The summed E-state index contributed by atoms with van der Waals surface area (Å²) >= 11 is 1.95. The van der Waals surface area contributed by atoms with Gasteiger partial charge >= 0.3 is 0 Å². The molecule has 1 aliphatic heterocycles. The van der Waals surface area contributed by atoms with Gasteiger partial charge in [0.2, 0.25) is 0 Å². The molecule has 2 aliphatic rings. The van der Waals surface area contributed by atoms with Crippen LogP contribution in [0.2, 0.25) is 0 Å². The van der Waals surface area contributed by atoms with Crippen LogP contribution < -0.4 is 5.32 Å². The smallest absolute Gasteiger partial charge is 0.157 e. The van der Waals surface area contributed by atoms with E-state index in [1.54, 1.807) is 0 Å². The maximum atomic E-state index is 4.55. The Morgan fingerprint density at radius 2 is 2.36 bits per heavy atom. The number of nitrogens with one attached hydrogen (secondary N) is 1. The third-order valence-electron chi connectivity index (χ3n) is 3.01. The highest BCUT2D eigenvalue weighted by molar-refractivity contribution is 8.14. The lowest BCUT2D eigenvalue weighted by atomic mass is 10.2. The Balaban J connectivity index is 1.71. The highest BCUT2D eigenvalue weighted by Gasteiger charge is 2.29. The van der Waals surface area contributed by atoms with Crippen molar-refractivity contribution in [1.82, 2.24) is 5.32 Å². The van der Waals surface area contributed by atoms with Crippen LogP contribution in [0.15, 0.2) is 4.99 Å². The topological polar surface area (TPSA) is 24.4 Å². The summed E-state index contributed by atoms with van der Waals surface area (Å²) in [5.74, 6) is 0.920. The molecule has 0 aromatic heterocycles. The van der Waals surface area contributed by atoms with Crippen LogP contribution in [0.1, 0.15) is 39.5 Å². The molecule has 2 nitrogen and oxygen atoms in total. The summed E-state index contributed by atoms with van der Waals surface area (Å²) in [6.45, 7) is 5.56. The average Bonchev–Trinajstić information content (AvgIpc) is 2.92. The van der Waals surface area contributed by atoms with E-state index in [4.69, 9.17) is 0 Å². The Morgan fingerprint density at radius 1 is 1.57 bits per heavy atom. The molecular formula is C11H20N2S. The molecule has 2 rings (SSSR count). The van der Waals surface area contributed by atoms with E-state index in [-0.39, 0.29) is 0 Å². The summed E-state index contributed by atoms with van der Waals surface area (Å²) in [4.78, 5) is 4.55. The number of amidine groups is 1. The van der Waals surface area contributed by atoms with Crippen molar-refractivity contribution in [1.29, 1.82) is 0 Å². The molecule has 14 heavy (non-hydrogen) atoms. The molecule has 1 saturated carbocycles. The van der Waals surface area contributed by atoms with Crippen LogP contribution in [0.25, 0.3) is 0 Å². The van der Waals surface area contributed by atoms with Crippen molar-refractivity contribution in [2.75, 3.05) is 6.54 Å². The van der Waals surface area contributed by atoms with Crippen molar-refractivity contribution in [2.24, 2.45) is 10.9 Å². The molecule has 0 aromatic carbocycles. The van der Waals surface area contributed by atoms with Gasteiger partial charge in [-0.15, -0.1) is 0 Å².